The molecule has 0 aliphatic carbocycles. The fraction of sp³-hybridized carbons (Fsp3) is 0.211. The van der Waals surface area contributed by atoms with Gasteiger partial charge in [0.25, 0.3) is 5.91 Å². The van der Waals surface area contributed by atoms with Gasteiger partial charge in [-0.2, -0.15) is 5.10 Å². The predicted molar refractivity (Wildman–Crippen MR) is 106 cm³/mol. The van der Waals surface area contributed by atoms with Crippen molar-refractivity contribution in [3.05, 3.63) is 57.8 Å². The number of carbonyl (C=O) groups excluding carboxylic acids is 2. The molecule has 0 saturated heterocycles. The topological polar surface area (TPSA) is 89.0 Å². The molecule has 2 rings (SSSR count). The molecule has 2 aromatic carbocycles. The van der Waals surface area contributed by atoms with Gasteiger partial charge in [-0.05, 0) is 40.2 Å². The highest BCUT2D eigenvalue weighted by atomic mass is 79.9. The number of nitrogens with one attached hydrogen (secondary N) is 2. The van der Waals surface area contributed by atoms with E-state index in [0.717, 1.165) is 0 Å². The zero-order valence-electron chi connectivity index (χ0n) is 15.3. The first-order valence-electron chi connectivity index (χ1n) is 8.22. The maximum absolute atomic E-state index is 13.5. The van der Waals surface area contributed by atoms with Crippen molar-refractivity contribution < 1.29 is 23.5 Å². The van der Waals surface area contributed by atoms with Crippen LogP contribution in [0.4, 0.5) is 4.39 Å². The van der Waals surface area contributed by atoms with E-state index in [-0.39, 0.29) is 18.5 Å². The Bertz CT molecular complexity index is 889. The smallest absolute Gasteiger partial charge is 0.254 e. The van der Waals surface area contributed by atoms with Crippen LogP contribution in [0.25, 0.3) is 0 Å². The van der Waals surface area contributed by atoms with E-state index in [4.69, 9.17) is 9.47 Å². The van der Waals surface area contributed by atoms with Gasteiger partial charge in [0.1, 0.15) is 5.82 Å². The largest absolute Gasteiger partial charge is 0.493 e. The van der Waals surface area contributed by atoms with E-state index in [0.29, 0.717) is 21.5 Å². The fourth-order valence-corrected chi connectivity index (χ4v) is 2.65. The molecule has 0 bridgehead atoms. The molecule has 2 amide bonds. The molecule has 0 radical (unpaired) electrons. The molecule has 2 aromatic rings. The number of benzene rings is 2. The Morgan fingerprint density at radius 1 is 1.18 bits per heavy atom. The van der Waals surface area contributed by atoms with Crippen molar-refractivity contribution >= 4 is 34.0 Å². The third-order valence-electron chi connectivity index (χ3n) is 3.65. The lowest BCUT2D eigenvalue weighted by atomic mass is 10.2. The van der Waals surface area contributed by atoms with Crippen molar-refractivity contribution in [2.45, 2.75) is 6.42 Å². The second-order valence-corrected chi connectivity index (χ2v) is 6.36. The lowest BCUT2D eigenvalue weighted by Gasteiger charge is -2.09. The fourth-order valence-electron chi connectivity index (χ4n) is 2.23. The minimum absolute atomic E-state index is 0.00929. The summed E-state index contributed by atoms with van der Waals surface area (Å²) in [4.78, 5) is 23.7. The van der Waals surface area contributed by atoms with E-state index in [9.17, 15) is 14.0 Å². The monoisotopic (exact) mass is 451 g/mol. The lowest BCUT2D eigenvalue weighted by Crippen LogP contribution is -2.29. The van der Waals surface area contributed by atoms with Gasteiger partial charge in [0, 0.05) is 23.0 Å². The van der Waals surface area contributed by atoms with Crippen LogP contribution in [0, 0.1) is 5.82 Å². The van der Waals surface area contributed by atoms with Crippen molar-refractivity contribution in [3.63, 3.8) is 0 Å². The van der Waals surface area contributed by atoms with E-state index in [1.807, 2.05) is 0 Å². The van der Waals surface area contributed by atoms with Crippen LogP contribution < -0.4 is 20.2 Å². The Hall–Kier alpha value is -2.94. The standard InChI is InChI=1S/C19H19BrFN3O4/c1-27-16-9-12(14(20)10-17(16)28-2)11-23-24-18(25)7-8-22-19(26)13-5-3-4-6-15(13)21/h3-6,9-11H,7-8H2,1-2H3,(H,22,26)(H,24,25). The van der Waals surface area contributed by atoms with E-state index in [1.54, 1.807) is 18.2 Å². The van der Waals surface area contributed by atoms with Crippen LogP contribution in [-0.2, 0) is 4.79 Å². The molecule has 0 saturated carbocycles. The van der Waals surface area contributed by atoms with Gasteiger partial charge in [-0.15, -0.1) is 0 Å². The Morgan fingerprint density at radius 2 is 1.86 bits per heavy atom. The van der Waals surface area contributed by atoms with Crippen LogP contribution in [0.1, 0.15) is 22.3 Å². The summed E-state index contributed by atoms with van der Waals surface area (Å²) in [5.41, 5.74) is 2.96. The third kappa shape index (κ3) is 5.78. The molecule has 148 valence electrons. The number of hydrogen-bond donors (Lipinski definition) is 2. The van der Waals surface area contributed by atoms with E-state index in [1.165, 1.54) is 38.6 Å². The molecule has 0 unspecified atom stereocenters. The Kier molecular flexibility index (Phi) is 7.94. The van der Waals surface area contributed by atoms with Crippen LogP contribution in [0.5, 0.6) is 11.5 Å². The van der Waals surface area contributed by atoms with Crippen molar-refractivity contribution in [1.82, 2.24) is 10.7 Å². The summed E-state index contributed by atoms with van der Waals surface area (Å²) in [7, 11) is 3.05. The molecule has 0 fully saturated rings. The number of hydrogen-bond acceptors (Lipinski definition) is 5. The molecule has 28 heavy (non-hydrogen) atoms. The maximum Gasteiger partial charge on any atom is 0.254 e. The van der Waals surface area contributed by atoms with Crippen LogP contribution in [0.15, 0.2) is 46.0 Å². The highest BCUT2D eigenvalue weighted by Crippen LogP contribution is 2.32. The number of ether oxygens (including phenoxy) is 2. The number of halogens is 2. The number of rotatable bonds is 8. The molecule has 0 aromatic heterocycles. The molecule has 0 aliphatic heterocycles. The van der Waals surface area contributed by atoms with E-state index in [2.05, 4.69) is 31.8 Å². The van der Waals surface area contributed by atoms with Gasteiger partial charge in [0.05, 0.1) is 26.0 Å². The van der Waals surface area contributed by atoms with Gasteiger partial charge >= 0.3 is 0 Å². The predicted octanol–water partition coefficient (Wildman–Crippen LogP) is 2.88. The Labute approximate surface area is 170 Å². The van der Waals surface area contributed by atoms with Crippen LogP contribution in [-0.4, -0.2) is 38.8 Å². The molecule has 0 atom stereocenters. The Balaban J connectivity index is 1.84. The zero-order valence-corrected chi connectivity index (χ0v) is 16.9. The number of carbonyl (C=O) groups is 2. The van der Waals surface area contributed by atoms with Gasteiger partial charge in [-0.25, -0.2) is 9.82 Å². The minimum Gasteiger partial charge on any atom is -0.493 e. The molecule has 7 nitrogen and oxygen atoms in total. The van der Waals surface area contributed by atoms with Gasteiger partial charge in [0.2, 0.25) is 5.91 Å². The average molecular weight is 452 g/mol. The van der Waals surface area contributed by atoms with Gasteiger partial charge in [-0.1, -0.05) is 12.1 Å². The Morgan fingerprint density at radius 3 is 2.54 bits per heavy atom. The van der Waals surface area contributed by atoms with Crippen LogP contribution in [0.3, 0.4) is 0 Å². The molecule has 9 heteroatoms. The minimum atomic E-state index is -0.616. The summed E-state index contributed by atoms with van der Waals surface area (Å²) in [6.45, 7) is 0.0502. The highest BCUT2D eigenvalue weighted by Gasteiger charge is 2.11. The summed E-state index contributed by atoms with van der Waals surface area (Å²) in [6.07, 6.45) is 1.44. The second kappa shape index (κ2) is 10.4. The summed E-state index contributed by atoms with van der Waals surface area (Å²) < 4.78 is 24.6. The zero-order chi connectivity index (χ0) is 20.5. The average Bonchev–Trinajstić information content (AvgIpc) is 2.69. The van der Waals surface area contributed by atoms with Gasteiger partial charge < -0.3 is 14.8 Å². The first-order chi connectivity index (χ1) is 13.5. The normalized spacial score (nSPS) is 10.6. The molecule has 0 heterocycles. The number of methoxy groups -OCH3 is 2. The molecular formula is C19H19BrFN3O4. The maximum atomic E-state index is 13.5. The van der Waals surface area contributed by atoms with Crippen molar-refractivity contribution in [2.24, 2.45) is 5.10 Å². The first kappa shape index (κ1) is 21.4. The molecular weight excluding hydrogens is 433 g/mol. The SMILES string of the molecule is COc1cc(Br)c(C=NNC(=O)CCNC(=O)c2ccccc2F)cc1OC. The lowest BCUT2D eigenvalue weighted by molar-refractivity contribution is -0.120. The molecule has 0 spiro atoms. The summed E-state index contributed by atoms with van der Waals surface area (Å²) in [6, 6.07) is 9.05. The molecule has 2 N–H and O–H groups in total. The van der Waals surface area contributed by atoms with Crippen molar-refractivity contribution in [1.29, 1.82) is 0 Å². The van der Waals surface area contributed by atoms with Gasteiger partial charge in [0.15, 0.2) is 11.5 Å². The van der Waals surface area contributed by atoms with Crippen LogP contribution >= 0.6 is 15.9 Å². The third-order valence-corrected chi connectivity index (χ3v) is 4.34. The van der Waals surface area contributed by atoms with Crippen molar-refractivity contribution in [3.8, 4) is 11.5 Å². The van der Waals surface area contributed by atoms with E-state index >= 15 is 0 Å². The molecule has 0 aliphatic rings. The van der Waals surface area contributed by atoms with Crippen LogP contribution in [0.2, 0.25) is 0 Å². The summed E-state index contributed by atoms with van der Waals surface area (Å²) >= 11 is 3.39. The van der Waals surface area contributed by atoms with Gasteiger partial charge in [-0.3, -0.25) is 9.59 Å². The number of amides is 2. The summed E-state index contributed by atoms with van der Waals surface area (Å²) in [5.74, 6) is -0.518. The van der Waals surface area contributed by atoms with Crippen molar-refractivity contribution in [2.75, 3.05) is 20.8 Å². The highest BCUT2D eigenvalue weighted by molar-refractivity contribution is 9.10. The summed E-state index contributed by atoms with van der Waals surface area (Å²) in [5, 5.41) is 6.37. The second-order valence-electron chi connectivity index (χ2n) is 5.51. The van der Waals surface area contributed by atoms with E-state index < -0.39 is 17.6 Å². The number of hydrazone groups is 1. The first-order valence-corrected chi connectivity index (χ1v) is 9.01. The number of nitrogens with zero attached hydrogens (tertiary/aromatic N) is 1. The quantitative estimate of drug-likeness (QED) is 0.476.